The molecule has 0 spiro atoms. The van der Waals surface area contributed by atoms with E-state index >= 15 is 0 Å². The standard InChI is InChI=1S/C21H18N2O5S/c1-13-2-4-14(5-3-13)10-18-20(25)23(21(26)29-18)12-19(24)22-15-6-7-16-17(11-15)28-9-8-27-16/h2-7,10-11H,8-9,12H2,1H3,(H,22,24)/b18-10+. The van der Waals surface area contributed by atoms with Crippen LogP contribution in [0.3, 0.4) is 0 Å². The van der Waals surface area contributed by atoms with E-state index in [9.17, 15) is 14.4 Å². The first-order chi connectivity index (χ1) is 14.0. The van der Waals surface area contributed by atoms with Gasteiger partial charge in [0.05, 0.1) is 4.91 Å². The number of amides is 3. The number of fused-ring (bicyclic) bond motifs is 1. The van der Waals surface area contributed by atoms with Crippen LogP contribution in [0.1, 0.15) is 11.1 Å². The molecule has 148 valence electrons. The lowest BCUT2D eigenvalue weighted by atomic mass is 10.1. The summed E-state index contributed by atoms with van der Waals surface area (Å²) in [6, 6.07) is 12.6. The molecule has 0 atom stereocenters. The SMILES string of the molecule is Cc1ccc(/C=C2/SC(=O)N(CC(=O)Nc3ccc4c(c3)OCCO4)C2=O)cc1. The summed E-state index contributed by atoms with van der Waals surface area (Å²) in [6.07, 6.45) is 1.66. The number of imide groups is 1. The Kier molecular flexibility index (Phi) is 5.26. The Morgan fingerprint density at radius 2 is 1.83 bits per heavy atom. The van der Waals surface area contributed by atoms with Gasteiger partial charge in [0.15, 0.2) is 11.5 Å². The van der Waals surface area contributed by atoms with Crippen LogP contribution in [-0.4, -0.2) is 41.7 Å². The molecule has 0 aromatic heterocycles. The summed E-state index contributed by atoms with van der Waals surface area (Å²) in [7, 11) is 0. The molecule has 2 heterocycles. The van der Waals surface area contributed by atoms with Crippen LogP contribution in [0.4, 0.5) is 10.5 Å². The highest BCUT2D eigenvalue weighted by molar-refractivity contribution is 8.18. The van der Waals surface area contributed by atoms with E-state index in [0.717, 1.165) is 27.8 Å². The lowest BCUT2D eigenvalue weighted by molar-refractivity contribution is -0.127. The van der Waals surface area contributed by atoms with Gasteiger partial charge < -0.3 is 14.8 Å². The number of benzene rings is 2. The summed E-state index contributed by atoms with van der Waals surface area (Å²) in [5.41, 5.74) is 2.43. The highest BCUT2D eigenvalue weighted by atomic mass is 32.2. The van der Waals surface area contributed by atoms with Gasteiger partial charge >= 0.3 is 0 Å². The molecule has 1 N–H and O–H groups in total. The van der Waals surface area contributed by atoms with Gasteiger partial charge in [-0.1, -0.05) is 29.8 Å². The van der Waals surface area contributed by atoms with Gasteiger partial charge in [-0.25, -0.2) is 0 Å². The number of anilines is 1. The van der Waals surface area contributed by atoms with Crippen LogP contribution in [0, 0.1) is 6.92 Å². The monoisotopic (exact) mass is 410 g/mol. The second-order valence-corrected chi connectivity index (χ2v) is 7.58. The first-order valence-corrected chi connectivity index (χ1v) is 9.83. The third kappa shape index (κ3) is 4.27. The summed E-state index contributed by atoms with van der Waals surface area (Å²) in [5.74, 6) is 0.209. The van der Waals surface area contributed by atoms with Crippen LogP contribution < -0.4 is 14.8 Å². The van der Waals surface area contributed by atoms with Gasteiger partial charge in [-0.15, -0.1) is 0 Å². The summed E-state index contributed by atoms with van der Waals surface area (Å²) in [4.78, 5) is 38.4. The molecule has 1 fully saturated rings. The van der Waals surface area contributed by atoms with Crippen LogP contribution >= 0.6 is 11.8 Å². The highest BCUT2D eigenvalue weighted by Gasteiger charge is 2.36. The minimum absolute atomic E-state index is 0.297. The zero-order valence-electron chi connectivity index (χ0n) is 15.6. The number of nitrogens with zero attached hydrogens (tertiary/aromatic N) is 1. The van der Waals surface area contributed by atoms with Crippen LogP contribution in [-0.2, 0) is 9.59 Å². The van der Waals surface area contributed by atoms with Crippen LogP contribution in [0.2, 0.25) is 0 Å². The molecule has 8 heteroatoms. The number of thioether (sulfide) groups is 1. The predicted molar refractivity (Wildman–Crippen MR) is 110 cm³/mol. The molecular formula is C21H18N2O5S. The van der Waals surface area contributed by atoms with Gasteiger partial charge in [0, 0.05) is 11.8 Å². The van der Waals surface area contributed by atoms with E-state index in [4.69, 9.17) is 9.47 Å². The minimum Gasteiger partial charge on any atom is -0.486 e. The first-order valence-electron chi connectivity index (χ1n) is 9.01. The summed E-state index contributed by atoms with van der Waals surface area (Å²) < 4.78 is 10.9. The molecular weight excluding hydrogens is 392 g/mol. The molecule has 0 aliphatic carbocycles. The smallest absolute Gasteiger partial charge is 0.294 e. The molecule has 3 amide bonds. The third-order valence-corrected chi connectivity index (χ3v) is 5.28. The Morgan fingerprint density at radius 1 is 1.10 bits per heavy atom. The average molecular weight is 410 g/mol. The summed E-state index contributed by atoms with van der Waals surface area (Å²) in [5, 5.41) is 2.21. The first kappa shape index (κ1) is 19.1. The Labute approximate surface area is 171 Å². The fourth-order valence-electron chi connectivity index (χ4n) is 2.92. The molecule has 0 saturated carbocycles. The van der Waals surface area contributed by atoms with Crippen molar-refractivity contribution < 1.29 is 23.9 Å². The molecule has 2 aliphatic heterocycles. The quantitative estimate of drug-likeness (QED) is 0.778. The second-order valence-electron chi connectivity index (χ2n) is 6.59. The normalized spacial score (nSPS) is 17.0. The fourth-order valence-corrected chi connectivity index (χ4v) is 3.75. The van der Waals surface area contributed by atoms with Crippen LogP contribution in [0.5, 0.6) is 11.5 Å². The van der Waals surface area contributed by atoms with E-state index in [-0.39, 0.29) is 6.54 Å². The fraction of sp³-hybridized carbons (Fsp3) is 0.190. The van der Waals surface area contributed by atoms with E-state index in [1.54, 1.807) is 24.3 Å². The zero-order valence-corrected chi connectivity index (χ0v) is 16.5. The lowest BCUT2D eigenvalue weighted by Crippen LogP contribution is -2.36. The number of rotatable bonds is 4. The molecule has 0 radical (unpaired) electrons. The predicted octanol–water partition coefficient (Wildman–Crippen LogP) is 3.44. The topological polar surface area (TPSA) is 84.9 Å². The number of aryl methyl sites for hydroxylation is 1. The number of ether oxygens (including phenoxy) is 2. The van der Waals surface area contributed by atoms with Crippen molar-refractivity contribution >= 4 is 40.6 Å². The number of carbonyl (C=O) groups is 3. The van der Waals surface area contributed by atoms with Crippen molar-refractivity contribution in [1.82, 2.24) is 4.90 Å². The number of nitrogens with one attached hydrogen (secondary N) is 1. The molecule has 0 bridgehead atoms. The van der Waals surface area contributed by atoms with Crippen LogP contribution in [0.25, 0.3) is 6.08 Å². The maximum atomic E-state index is 12.6. The molecule has 7 nitrogen and oxygen atoms in total. The molecule has 2 aromatic carbocycles. The Morgan fingerprint density at radius 3 is 2.59 bits per heavy atom. The zero-order chi connectivity index (χ0) is 20.4. The van der Waals surface area contributed by atoms with E-state index in [1.807, 2.05) is 31.2 Å². The maximum Gasteiger partial charge on any atom is 0.294 e. The van der Waals surface area contributed by atoms with Crippen molar-refractivity contribution in [3.05, 3.63) is 58.5 Å². The van der Waals surface area contributed by atoms with Crippen molar-refractivity contribution in [1.29, 1.82) is 0 Å². The van der Waals surface area contributed by atoms with Gasteiger partial charge in [0.2, 0.25) is 5.91 Å². The lowest BCUT2D eigenvalue weighted by Gasteiger charge is -2.19. The van der Waals surface area contributed by atoms with E-state index in [2.05, 4.69) is 5.32 Å². The number of hydrogen-bond acceptors (Lipinski definition) is 6. The Hall–Kier alpha value is -3.26. The van der Waals surface area contributed by atoms with Gasteiger partial charge in [0.25, 0.3) is 11.1 Å². The van der Waals surface area contributed by atoms with E-state index < -0.39 is 17.1 Å². The van der Waals surface area contributed by atoms with Crippen molar-refractivity contribution in [3.63, 3.8) is 0 Å². The Bertz CT molecular complexity index is 1020. The van der Waals surface area contributed by atoms with Crippen molar-refractivity contribution in [2.24, 2.45) is 0 Å². The molecule has 2 aromatic rings. The average Bonchev–Trinajstić information content (AvgIpc) is 2.97. The number of carbonyl (C=O) groups excluding carboxylic acids is 3. The maximum absolute atomic E-state index is 12.6. The number of hydrogen-bond donors (Lipinski definition) is 1. The summed E-state index contributed by atoms with van der Waals surface area (Å²) >= 11 is 0.830. The van der Waals surface area contributed by atoms with E-state index in [1.165, 1.54) is 0 Å². The van der Waals surface area contributed by atoms with Gasteiger partial charge in [-0.3, -0.25) is 19.3 Å². The minimum atomic E-state index is -0.474. The van der Waals surface area contributed by atoms with Crippen molar-refractivity contribution in [3.8, 4) is 11.5 Å². The molecule has 29 heavy (non-hydrogen) atoms. The molecule has 1 saturated heterocycles. The Balaban J connectivity index is 1.42. The van der Waals surface area contributed by atoms with Crippen molar-refractivity contribution in [2.45, 2.75) is 6.92 Å². The molecule has 2 aliphatic rings. The molecule has 4 rings (SSSR count). The largest absolute Gasteiger partial charge is 0.486 e. The van der Waals surface area contributed by atoms with Crippen molar-refractivity contribution in [2.75, 3.05) is 25.1 Å². The molecule has 0 unspecified atom stereocenters. The van der Waals surface area contributed by atoms with E-state index in [0.29, 0.717) is 35.3 Å². The third-order valence-electron chi connectivity index (χ3n) is 4.38. The van der Waals surface area contributed by atoms with Gasteiger partial charge in [-0.05, 0) is 42.5 Å². The highest BCUT2D eigenvalue weighted by Crippen LogP contribution is 2.34. The second kappa shape index (κ2) is 8.00. The van der Waals surface area contributed by atoms with Gasteiger partial charge in [0.1, 0.15) is 19.8 Å². The summed E-state index contributed by atoms with van der Waals surface area (Å²) in [6.45, 7) is 2.53. The van der Waals surface area contributed by atoms with Crippen LogP contribution in [0.15, 0.2) is 47.4 Å². The van der Waals surface area contributed by atoms with Gasteiger partial charge in [-0.2, -0.15) is 0 Å².